The average molecular weight is 370 g/mol. The third kappa shape index (κ3) is 5.25. The SMILES string of the molecule is CCCOc1ccc(C(=O)N[C@@H](C)c2cc(C(C)C)c(OC)cc2C)cc1. The fourth-order valence-electron chi connectivity index (χ4n) is 3.09. The molecule has 146 valence electrons. The van der Waals surface area contributed by atoms with Gasteiger partial charge in [0.2, 0.25) is 0 Å². The first-order valence-electron chi connectivity index (χ1n) is 9.59. The summed E-state index contributed by atoms with van der Waals surface area (Å²) in [5.74, 6) is 1.94. The van der Waals surface area contributed by atoms with Crippen LogP contribution >= 0.6 is 0 Å². The lowest BCUT2D eigenvalue weighted by Gasteiger charge is -2.21. The van der Waals surface area contributed by atoms with E-state index in [1.165, 1.54) is 0 Å². The summed E-state index contributed by atoms with van der Waals surface area (Å²) in [5.41, 5.74) is 3.99. The number of carbonyl (C=O) groups excluding carboxylic acids is 1. The Morgan fingerprint density at radius 3 is 2.30 bits per heavy atom. The second kappa shape index (κ2) is 9.45. The molecule has 1 N–H and O–H groups in total. The second-order valence-electron chi connectivity index (χ2n) is 7.17. The first-order valence-corrected chi connectivity index (χ1v) is 9.59. The Hall–Kier alpha value is -2.49. The van der Waals surface area contributed by atoms with Crippen LogP contribution < -0.4 is 14.8 Å². The fourth-order valence-corrected chi connectivity index (χ4v) is 3.09. The van der Waals surface area contributed by atoms with Crippen molar-refractivity contribution in [2.24, 2.45) is 0 Å². The first kappa shape index (κ1) is 20.8. The van der Waals surface area contributed by atoms with Gasteiger partial charge in [0.25, 0.3) is 5.91 Å². The van der Waals surface area contributed by atoms with Crippen molar-refractivity contribution in [2.45, 2.75) is 53.0 Å². The van der Waals surface area contributed by atoms with E-state index in [0.29, 0.717) is 18.1 Å². The molecule has 0 spiro atoms. The van der Waals surface area contributed by atoms with Crippen molar-refractivity contribution in [3.8, 4) is 11.5 Å². The number of rotatable bonds is 8. The number of aryl methyl sites for hydroxylation is 1. The average Bonchev–Trinajstić information content (AvgIpc) is 2.65. The monoisotopic (exact) mass is 369 g/mol. The molecule has 0 saturated carbocycles. The van der Waals surface area contributed by atoms with E-state index in [2.05, 4.69) is 32.2 Å². The van der Waals surface area contributed by atoms with Gasteiger partial charge in [0.1, 0.15) is 11.5 Å². The Labute approximate surface area is 162 Å². The van der Waals surface area contributed by atoms with Crippen molar-refractivity contribution in [3.63, 3.8) is 0 Å². The number of hydrogen-bond acceptors (Lipinski definition) is 3. The Balaban J connectivity index is 2.15. The molecule has 0 aromatic heterocycles. The van der Waals surface area contributed by atoms with Crippen LogP contribution in [0.15, 0.2) is 36.4 Å². The van der Waals surface area contributed by atoms with E-state index in [1.807, 2.05) is 32.0 Å². The summed E-state index contributed by atoms with van der Waals surface area (Å²) in [6.07, 6.45) is 0.958. The first-order chi connectivity index (χ1) is 12.9. The van der Waals surface area contributed by atoms with Gasteiger partial charge in [-0.05, 0) is 79.3 Å². The number of hydrogen-bond donors (Lipinski definition) is 1. The van der Waals surface area contributed by atoms with Gasteiger partial charge in [-0.15, -0.1) is 0 Å². The maximum absolute atomic E-state index is 12.6. The molecule has 27 heavy (non-hydrogen) atoms. The van der Waals surface area contributed by atoms with Gasteiger partial charge in [-0.3, -0.25) is 4.79 Å². The van der Waals surface area contributed by atoms with Crippen molar-refractivity contribution in [2.75, 3.05) is 13.7 Å². The zero-order chi connectivity index (χ0) is 20.0. The number of nitrogens with one attached hydrogen (secondary N) is 1. The predicted octanol–water partition coefficient (Wildman–Crippen LogP) is 5.41. The van der Waals surface area contributed by atoms with Crippen LogP contribution in [0.1, 0.15) is 73.1 Å². The molecule has 0 radical (unpaired) electrons. The van der Waals surface area contributed by atoms with Crippen LogP contribution in [0.25, 0.3) is 0 Å². The minimum Gasteiger partial charge on any atom is -0.496 e. The van der Waals surface area contributed by atoms with E-state index >= 15 is 0 Å². The van der Waals surface area contributed by atoms with Crippen LogP contribution in [0, 0.1) is 6.92 Å². The van der Waals surface area contributed by atoms with Gasteiger partial charge in [-0.25, -0.2) is 0 Å². The Bertz CT molecular complexity index is 766. The molecule has 0 unspecified atom stereocenters. The zero-order valence-corrected chi connectivity index (χ0v) is 17.3. The van der Waals surface area contributed by atoms with Gasteiger partial charge in [-0.2, -0.15) is 0 Å². The molecule has 2 aromatic rings. The van der Waals surface area contributed by atoms with Crippen LogP contribution in [0.2, 0.25) is 0 Å². The summed E-state index contributed by atoms with van der Waals surface area (Å²) in [7, 11) is 1.69. The molecule has 0 bridgehead atoms. The van der Waals surface area contributed by atoms with Crippen LogP contribution in [0.5, 0.6) is 11.5 Å². The van der Waals surface area contributed by atoms with Crippen molar-refractivity contribution in [1.29, 1.82) is 0 Å². The highest BCUT2D eigenvalue weighted by Gasteiger charge is 2.17. The van der Waals surface area contributed by atoms with E-state index < -0.39 is 0 Å². The molecule has 0 heterocycles. The maximum atomic E-state index is 12.6. The standard InChI is InChI=1S/C23H31NO3/c1-7-12-27-19-10-8-18(9-11-19)23(25)24-17(5)21-14-20(15(2)3)22(26-6)13-16(21)4/h8-11,13-15,17H,7,12H2,1-6H3,(H,24,25)/t17-/m0/s1. The van der Waals surface area contributed by atoms with Gasteiger partial charge in [0, 0.05) is 5.56 Å². The number of amides is 1. The van der Waals surface area contributed by atoms with E-state index in [1.54, 1.807) is 19.2 Å². The Morgan fingerprint density at radius 1 is 1.07 bits per heavy atom. The lowest BCUT2D eigenvalue weighted by atomic mass is 9.93. The normalized spacial score (nSPS) is 12.0. The summed E-state index contributed by atoms with van der Waals surface area (Å²) < 4.78 is 11.1. The zero-order valence-electron chi connectivity index (χ0n) is 17.3. The molecule has 1 atom stereocenters. The molecule has 4 nitrogen and oxygen atoms in total. The third-order valence-electron chi connectivity index (χ3n) is 4.64. The summed E-state index contributed by atoms with van der Waals surface area (Å²) in [6, 6.07) is 11.4. The molecule has 4 heteroatoms. The van der Waals surface area contributed by atoms with Gasteiger partial charge in [0.05, 0.1) is 19.8 Å². The topological polar surface area (TPSA) is 47.6 Å². The molecule has 0 aliphatic rings. The minimum atomic E-state index is -0.100. The number of benzene rings is 2. The maximum Gasteiger partial charge on any atom is 0.251 e. The summed E-state index contributed by atoms with van der Waals surface area (Å²) >= 11 is 0. The smallest absolute Gasteiger partial charge is 0.251 e. The van der Waals surface area contributed by atoms with Crippen LogP contribution in [-0.2, 0) is 0 Å². The lowest BCUT2D eigenvalue weighted by Crippen LogP contribution is -2.27. The predicted molar refractivity (Wildman–Crippen MR) is 110 cm³/mol. The molecule has 0 fully saturated rings. The number of ether oxygens (including phenoxy) is 2. The minimum absolute atomic E-state index is 0.0918. The highest BCUT2D eigenvalue weighted by atomic mass is 16.5. The largest absolute Gasteiger partial charge is 0.496 e. The lowest BCUT2D eigenvalue weighted by molar-refractivity contribution is 0.0940. The molecule has 0 saturated heterocycles. The van der Waals surface area contributed by atoms with Crippen molar-refractivity contribution in [3.05, 3.63) is 58.7 Å². The van der Waals surface area contributed by atoms with E-state index in [-0.39, 0.29) is 11.9 Å². The summed E-state index contributed by atoms with van der Waals surface area (Å²) in [6.45, 7) is 11.1. The van der Waals surface area contributed by atoms with Gasteiger partial charge >= 0.3 is 0 Å². The number of methoxy groups -OCH3 is 1. The van der Waals surface area contributed by atoms with Gasteiger partial charge < -0.3 is 14.8 Å². The van der Waals surface area contributed by atoms with Crippen molar-refractivity contribution in [1.82, 2.24) is 5.32 Å². The Morgan fingerprint density at radius 2 is 1.74 bits per heavy atom. The molecule has 2 aromatic carbocycles. The molecule has 0 aliphatic carbocycles. The molecule has 0 aliphatic heterocycles. The molecule has 1 amide bonds. The quantitative estimate of drug-likeness (QED) is 0.677. The molecular formula is C23H31NO3. The second-order valence-corrected chi connectivity index (χ2v) is 7.17. The Kier molecular flexibility index (Phi) is 7.28. The summed E-state index contributed by atoms with van der Waals surface area (Å²) in [4.78, 5) is 12.6. The molecular weight excluding hydrogens is 338 g/mol. The van der Waals surface area contributed by atoms with Crippen molar-refractivity contribution < 1.29 is 14.3 Å². The van der Waals surface area contributed by atoms with Gasteiger partial charge in [-0.1, -0.05) is 20.8 Å². The highest BCUT2D eigenvalue weighted by molar-refractivity contribution is 5.94. The van der Waals surface area contributed by atoms with Crippen LogP contribution in [0.4, 0.5) is 0 Å². The van der Waals surface area contributed by atoms with E-state index in [9.17, 15) is 4.79 Å². The number of carbonyl (C=O) groups is 1. The highest BCUT2D eigenvalue weighted by Crippen LogP contribution is 2.32. The third-order valence-corrected chi connectivity index (χ3v) is 4.64. The molecule has 2 rings (SSSR count). The van der Waals surface area contributed by atoms with Gasteiger partial charge in [0.15, 0.2) is 0 Å². The fraction of sp³-hybridized carbons (Fsp3) is 0.435. The van der Waals surface area contributed by atoms with Crippen LogP contribution in [0.3, 0.4) is 0 Å². The summed E-state index contributed by atoms with van der Waals surface area (Å²) in [5, 5.41) is 3.10. The van der Waals surface area contributed by atoms with E-state index in [4.69, 9.17) is 9.47 Å². The van der Waals surface area contributed by atoms with Crippen molar-refractivity contribution >= 4 is 5.91 Å². The van der Waals surface area contributed by atoms with Crippen LogP contribution in [-0.4, -0.2) is 19.6 Å². The van der Waals surface area contributed by atoms with E-state index in [0.717, 1.165) is 34.6 Å².